The number of hydrogen-bond acceptors (Lipinski definition) is 2. The summed E-state index contributed by atoms with van der Waals surface area (Å²) in [5.74, 6) is 2.79. The molecule has 3 heteroatoms. The van der Waals surface area contributed by atoms with Gasteiger partial charge in [0.25, 0.3) is 0 Å². The van der Waals surface area contributed by atoms with E-state index in [1.165, 1.54) is 5.57 Å². The monoisotopic (exact) mass is 326 g/mol. The standard InChI is InChI=1S/C20H19ClO2/c1-11-5-8-17-18(19-15(11)9-12(2)22-19)14-7-6-13(21)10-16(14)20(3,4)23-17/h5-7,9-10H,8H2,1-4H3. The molecule has 0 bridgehead atoms. The zero-order chi connectivity index (χ0) is 16.4. The van der Waals surface area contributed by atoms with Gasteiger partial charge in [0, 0.05) is 22.6 Å². The van der Waals surface area contributed by atoms with Crippen molar-refractivity contribution >= 4 is 22.7 Å². The van der Waals surface area contributed by atoms with Crippen LogP contribution in [0.2, 0.25) is 5.02 Å². The van der Waals surface area contributed by atoms with Crippen molar-refractivity contribution in [2.75, 3.05) is 0 Å². The van der Waals surface area contributed by atoms with Crippen LogP contribution in [0.5, 0.6) is 0 Å². The fraction of sp³-hybridized carbons (Fsp3) is 0.300. The van der Waals surface area contributed by atoms with Gasteiger partial charge in [-0.1, -0.05) is 23.7 Å². The third-order valence-electron chi connectivity index (χ3n) is 4.66. The van der Waals surface area contributed by atoms with E-state index in [-0.39, 0.29) is 0 Å². The summed E-state index contributed by atoms with van der Waals surface area (Å²) in [7, 11) is 0. The minimum Gasteiger partial charge on any atom is -0.486 e. The summed E-state index contributed by atoms with van der Waals surface area (Å²) < 4.78 is 12.4. The van der Waals surface area contributed by atoms with Crippen LogP contribution in [0.1, 0.15) is 55.4 Å². The highest BCUT2D eigenvalue weighted by Crippen LogP contribution is 2.48. The summed E-state index contributed by atoms with van der Waals surface area (Å²) in [5.41, 5.74) is 5.28. The molecule has 0 radical (unpaired) electrons. The smallest absolute Gasteiger partial charge is 0.145 e. The van der Waals surface area contributed by atoms with E-state index in [1.54, 1.807) is 0 Å². The maximum absolute atomic E-state index is 6.37. The molecule has 2 heterocycles. The number of benzene rings is 1. The zero-order valence-corrected chi connectivity index (χ0v) is 14.5. The minimum absolute atomic E-state index is 0.410. The van der Waals surface area contributed by atoms with Crippen molar-refractivity contribution in [3.05, 3.63) is 69.3 Å². The highest BCUT2D eigenvalue weighted by atomic mass is 35.5. The van der Waals surface area contributed by atoms with E-state index in [0.29, 0.717) is 0 Å². The summed E-state index contributed by atoms with van der Waals surface area (Å²) in [4.78, 5) is 0. The molecule has 23 heavy (non-hydrogen) atoms. The van der Waals surface area contributed by atoms with Crippen molar-refractivity contribution in [3.8, 4) is 0 Å². The van der Waals surface area contributed by atoms with Crippen LogP contribution in [0.4, 0.5) is 0 Å². The number of aryl methyl sites for hydroxylation is 1. The van der Waals surface area contributed by atoms with Crippen LogP contribution >= 0.6 is 11.6 Å². The number of hydrogen-bond donors (Lipinski definition) is 0. The third kappa shape index (κ3) is 2.16. The molecule has 1 aliphatic carbocycles. The lowest BCUT2D eigenvalue weighted by Gasteiger charge is -2.36. The van der Waals surface area contributed by atoms with E-state index >= 15 is 0 Å². The van der Waals surface area contributed by atoms with E-state index < -0.39 is 5.60 Å². The van der Waals surface area contributed by atoms with Gasteiger partial charge in [-0.05, 0) is 57.0 Å². The van der Waals surface area contributed by atoms with Crippen LogP contribution in [0, 0.1) is 6.92 Å². The van der Waals surface area contributed by atoms with Gasteiger partial charge in [-0.2, -0.15) is 0 Å². The zero-order valence-electron chi connectivity index (χ0n) is 13.8. The maximum atomic E-state index is 6.37. The van der Waals surface area contributed by atoms with Gasteiger partial charge in [0.05, 0.1) is 5.57 Å². The fourth-order valence-corrected chi connectivity index (χ4v) is 3.71. The van der Waals surface area contributed by atoms with Crippen molar-refractivity contribution < 1.29 is 9.15 Å². The Labute approximate surface area is 141 Å². The number of allylic oxidation sites excluding steroid dienone is 2. The Morgan fingerprint density at radius 3 is 2.65 bits per heavy atom. The van der Waals surface area contributed by atoms with Crippen molar-refractivity contribution in [1.29, 1.82) is 0 Å². The summed E-state index contributed by atoms with van der Waals surface area (Å²) in [5, 5.41) is 0.725. The normalized spacial score (nSPS) is 18.4. The lowest BCUT2D eigenvalue weighted by atomic mass is 9.84. The Balaban J connectivity index is 2.05. The van der Waals surface area contributed by atoms with Gasteiger partial charge >= 0.3 is 0 Å². The number of rotatable bonds is 0. The summed E-state index contributed by atoms with van der Waals surface area (Å²) in [6.45, 7) is 8.28. The molecule has 0 saturated carbocycles. The van der Waals surface area contributed by atoms with Crippen LogP contribution in [0.15, 0.2) is 40.5 Å². The molecule has 0 N–H and O–H groups in total. The molecule has 1 aromatic heterocycles. The van der Waals surface area contributed by atoms with E-state index in [9.17, 15) is 0 Å². The van der Waals surface area contributed by atoms with E-state index in [2.05, 4.69) is 39.0 Å². The van der Waals surface area contributed by atoms with Crippen LogP contribution in [0.25, 0.3) is 11.1 Å². The molecule has 0 spiro atoms. The molecular weight excluding hydrogens is 308 g/mol. The lowest BCUT2D eigenvalue weighted by molar-refractivity contribution is 0.0260. The first-order valence-corrected chi connectivity index (χ1v) is 8.25. The molecule has 4 rings (SSSR count). The first-order valence-electron chi connectivity index (χ1n) is 7.87. The van der Waals surface area contributed by atoms with Crippen LogP contribution < -0.4 is 0 Å². The molecule has 0 amide bonds. The van der Waals surface area contributed by atoms with Gasteiger partial charge in [0.1, 0.15) is 22.9 Å². The molecule has 0 atom stereocenters. The Morgan fingerprint density at radius 2 is 1.87 bits per heavy atom. The van der Waals surface area contributed by atoms with Crippen LogP contribution in [-0.4, -0.2) is 0 Å². The van der Waals surface area contributed by atoms with Crippen molar-refractivity contribution in [3.63, 3.8) is 0 Å². The van der Waals surface area contributed by atoms with Gasteiger partial charge in [0.15, 0.2) is 0 Å². The highest BCUT2D eigenvalue weighted by Gasteiger charge is 2.37. The van der Waals surface area contributed by atoms with Crippen LogP contribution in [0.3, 0.4) is 0 Å². The second kappa shape index (κ2) is 4.78. The highest BCUT2D eigenvalue weighted by molar-refractivity contribution is 6.30. The van der Waals surface area contributed by atoms with Crippen molar-refractivity contribution in [1.82, 2.24) is 0 Å². The number of fused-ring (bicyclic) bond motifs is 4. The predicted octanol–water partition coefficient (Wildman–Crippen LogP) is 6.07. The topological polar surface area (TPSA) is 22.4 Å². The molecule has 0 unspecified atom stereocenters. The number of ether oxygens (including phenoxy) is 1. The molecule has 2 aliphatic rings. The number of halogens is 1. The summed E-state index contributed by atoms with van der Waals surface area (Å²) in [6.07, 6.45) is 2.99. The van der Waals surface area contributed by atoms with E-state index in [4.69, 9.17) is 20.8 Å². The summed E-state index contributed by atoms with van der Waals surface area (Å²) in [6, 6.07) is 8.13. The van der Waals surface area contributed by atoms with Crippen LogP contribution in [-0.2, 0) is 10.3 Å². The van der Waals surface area contributed by atoms with Crippen molar-refractivity contribution in [2.24, 2.45) is 0 Å². The first-order chi connectivity index (χ1) is 10.9. The Kier molecular flexibility index (Phi) is 3.05. The summed E-state index contributed by atoms with van der Waals surface area (Å²) >= 11 is 6.23. The molecule has 0 saturated heterocycles. The maximum Gasteiger partial charge on any atom is 0.145 e. The first kappa shape index (κ1) is 14.6. The second-order valence-electron chi connectivity index (χ2n) is 6.79. The molecule has 1 aliphatic heterocycles. The third-order valence-corrected chi connectivity index (χ3v) is 4.89. The molecule has 2 aromatic rings. The predicted molar refractivity (Wildman–Crippen MR) is 93.3 cm³/mol. The molecule has 0 fully saturated rings. The van der Waals surface area contributed by atoms with Gasteiger partial charge in [-0.25, -0.2) is 0 Å². The Bertz CT molecular complexity index is 881. The molecule has 1 aromatic carbocycles. The van der Waals surface area contributed by atoms with Gasteiger partial charge in [-0.15, -0.1) is 0 Å². The second-order valence-corrected chi connectivity index (χ2v) is 7.23. The van der Waals surface area contributed by atoms with Gasteiger partial charge in [-0.3, -0.25) is 0 Å². The minimum atomic E-state index is -0.410. The molecule has 2 nitrogen and oxygen atoms in total. The average Bonchev–Trinajstić information content (AvgIpc) is 2.81. The molecule has 118 valence electrons. The Hall–Kier alpha value is -1.93. The average molecular weight is 327 g/mol. The number of furan rings is 1. The molecular formula is C20H19ClO2. The van der Waals surface area contributed by atoms with E-state index in [1.807, 2.05) is 19.1 Å². The van der Waals surface area contributed by atoms with Gasteiger partial charge < -0.3 is 9.15 Å². The van der Waals surface area contributed by atoms with Crippen molar-refractivity contribution in [2.45, 2.75) is 39.7 Å². The Morgan fingerprint density at radius 1 is 1.09 bits per heavy atom. The largest absolute Gasteiger partial charge is 0.486 e. The quantitative estimate of drug-likeness (QED) is 0.586. The van der Waals surface area contributed by atoms with Gasteiger partial charge in [0.2, 0.25) is 0 Å². The van der Waals surface area contributed by atoms with E-state index in [0.717, 1.165) is 51.0 Å². The SMILES string of the molecule is CC1=CCC2=C(c3ccc(Cl)cc3C(C)(C)O2)c2oc(C)cc21. The lowest BCUT2D eigenvalue weighted by Crippen LogP contribution is -2.27. The fourth-order valence-electron chi connectivity index (χ4n) is 3.54.